The Hall–Kier alpha value is -1.77. The van der Waals surface area contributed by atoms with Crippen LogP contribution in [0.1, 0.15) is 30.0 Å². The van der Waals surface area contributed by atoms with Gasteiger partial charge in [-0.1, -0.05) is 12.1 Å². The molecule has 1 aromatic carbocycles. The number of aryl methyl sites for hydroxylation is 3. The number of methoxy groups -OCH3 is 1. The number of aromatic nitrogens is 2. The SMILES string of the molecule is CCNC(=NCc1ccc(C)cc1OC)NCCCc1cnn(C)c1.I. The molecular formula is C19H30IN5O. The largest absolute Gasteiger partial charge is 0.496 e. The summed E-state index contributed by atoms with van der Waals surface area (Å²) >= 11 is 0. The zero-order chi connectivity index (χ0) is 18.1. The minimum absolute atomic E-state index is 0. The van der Waals surface area contributed by atoms with Gasteiger partial charge in [0, 0.05) is 31.9 Å². The first kappa shape index (κ1) is 22.3. The first-order chi connectivity index (χ1) is 12.1. The van der Waals surface area contributed by atoms with Crippen LogP contribution in [0.25, 0.3) is 0 Å². The molecule has 2 rings (SSSR count). The van der Waals surface area contributed by atoms with E-state index in [2.05, 4.69) is 52.9 Å². The molecule has 144 valence electrons. The third kappa shape index (κ3) is 7.23. The second-order valence-electron chi connectivity index (χ2n) is 6.06. The van der Waals surface area contributed by atoms with Gasteiger partial charge in [0.15, 0.2) is 5.96 Å². The highest BCUT2D eigenvalue weighted by molar-refractivity contribution is 14.0. The number of nitrogens with zero attached hydrogens (tertiary/aromatic N) is 3. The molecule has 1 heterocycles. The molecule has 0 saturated carbocycles. The molecule has 0 aliphatic rings. The van der Waals surface area contributed by atoms with Crippen LogP contribution in [0.4, 0.5) is 0 Å². The van der Waals surface area contributed by atoms with Gasteiger partial charge in [-0.05, 0) is 43.9 Å². The fraction of sp³-hybridized carbons (Fsp3) is 0.474. The fourth-order valence-electron chi connectivity index (χ4n) is 2.59. The van der Waals surface area contributed by atoms with Crippen LogP contribution in [0.3, 0.4) is 0 Å². The van der Waals surface area contributed by atoms with Crippen molar-refractivity contribution in [2.24, 2.45) is 12.0 Å². The van der Waals surface area contributed by atoms with Crippen LogP contribution in [0.5, 0.6) is 5.75 Å². The summed E-state index contributed by atoms with van der Waals surface area (Å²) in [6.45, 7) is 6.41. The van der Waals surface area contributed by atoms with Gasteiger partial charge < -0.3 is 15.4 Å². The Balaban J connectivity index is 0.00000338. The molecular weight excluding hydrogens is 441 g/mol. The van der Waals surface area contributed by atoms with E-state index in [1.165, 1.54) is 11.1 Å². The van der Waals surface area contributed by atoms with Crippen molar-refractivity contribution in [1.29, 1.82) is 0 Å². The van der Waals surface area contributed by atoms with Crippen LogP contribution in [-0.4, -0.2) is 35.9 Å². The van der Waals surface area contributed by atoms with Gasteiger partial charge in [-0.15, -0.1) is 24.0 Å². The van der Waals surface area contributed by atoms with Gasteiger partial charge >= 0.3 is 0 Å². The number of halogens is 1. The number of rotatable bonds is 8. The molecule has 0 unspecified atom stereocenters. The average Bonchev–Trinajstić information content (AvgIpc) is 3.02. The standard InChI is InChI=1S/C19H29N5O.HI/c1-5-20-19(21-10-6-7-16-12-23-24(3)14-16)22-13-17-9-8-15(2)11-18(17)25-4;/h8-9,11-12,14H,5-7,10,13H2,1-4H3,(H2,20,21,22);1H. The maximum atomic E-state index is 5.45. The van der Waals surface area contributed by atoms with Gasteiger partial charge in [-0.2, -0.15) is 5.10 Å². The van der Waals surface area contributed by atoms with Gasteiger partial charge in [-0.25, -0.2) is 4.99 Å². The molecule has 1 aromatic heterocycles. The lowest BCUT2D eigenvalue weighted by Crippen LogP contribution is -2.37. The molecule has 6 nitrogen and oxygen atoms in total. The first-order valence-corrected chi connectivity index (χ1v) is 8.75. The van der Waals surface area contributed by atoms with Crippen LogP contribution < -0.4 is 15.4 Å². The lowest BCUT2D eigenvalue weighted by atomic mass is 10.1. The van der Waals surface area contributed by atoms with E-state index in [0.29, 0.717) is 6.54 Å². The molecule has 0 spiro atoms. The zero-order valence-electron chi connectivity index (χ0n) is 16.1. The molecule has 2 aromatic rings. The van der Waals surface area contributed by atoms with Crippen molar-refractivity contribution in [1.82, 2.24) is 20.4 Å². The number of hydrogen-bond acceptors (Lipinski definition) is 3. The quantitative estimate of drug-likeness (QED) is 0.269. The van der Waals surface area contributed by atoms with Gasteiger partial charge in [0.2, 0.25) is 0 Å². The Morgan fingerprint density at radius 3 is 2.77 bits per heavy atom. The number of aliphatic imine (C=N–C) groups is 1. The van der Waals surface area contributed by atoms with Crippen molar-refractivity contribution in [2.75, 3.05) is 20.2 Å². The third-order valence-electron chi connectivity index (χ3n) is 3.89. The minimum Gasteiger partial charge on any atom is -0.496 e. The van der Waals surface area contributed by atoms with E-state index >= 15 is 0 Å². The highest BCUT2D eigenvalue weighted by atomic mass is 127. The molecule has 7 heteroatoms. The Kier molecular flexibility index (Phi) is 10.1. The molecule has 0 aliphatic heterocycles. The Morgan fingerprint density at radius 2 is 2.12 bits per heavy atom. The summed E-state index contributed by atoms with van der Waals surface area (Å²) in [7, 11) is 3.64. The third-order valence-corrected chi connectivity index (χ3v) is 3.89. The predicted molar refractivity (Wildman–Crippen MR) is 117 cm³/mol. The summed E-state index contributed by atoms with van der Waals surface area (Å²) in [6, 6.07) is 6.20. The summed E-state index contributed by atoms with van der Waals surface area (Å²) < 4.78 is 7.29. The number of guanidine groups is 1. The number of benzene rings is 1. The zero-order valence-corrected chi connectivity index (χ0v) is 18.4. The van der Waals surface area contributed by atoms with E-state index in [1.807, 2.05) is 24.0 Å². The van der Waals surface area contributed by atoms with E-state index in [4.69, 9.17) is 4.74 Å². The monoisotopic (exact) mass is 471 g/mol. The number of hydrogen-bond donors (Lipinski definition) is 2. The van der Waals surface area contributed by atoms with E-state index in [0.717, 1.165) is 43.2 Å². The lowest BCUT2D eigenvalue weighted by Gasteiger charge is -2.12. The van der Waals surface area contributed by atoms with Crippen LogP contribution in [0.2, 0.25) is 0 Å². The van der Waals surface area contributed by atoms with Crippen LogP contribution in [0.15, 0.2) is 35.6 Å². The normalized spacial score (nSPS) is 11.0. The molecule has 0 amide bonds. The highest BCUT2D eigenvalue weighted by Gasteiger charge is 2.04. The van der Waals surface area contributed by atoms with Crippen molar-refractivity contribution in [3.05, 3.63) is 47.3 Å². The minimum atomic E-state index is 0. The van der Waals surface area contributed by atoms with Gasteiger partial charge in [-0.3, -0.25) is 4.68 Å². The van der Waals surface area contributed by atoms with E-state index < -0.39 is 0 Å². The predicted octanol–water partition coefficient (Wildman–Crippen LogP) is 3.04. The van der Waals surface area contributed by atoms with Gasteiger partial charge in [0.25, 0.3) is 0 Å². The molecule has 0 saturated heterocycles. The van der Waals surface area contributed by atoms with Gasteiger partial charge in [0.05, 0.1) is 19.9 Å². The second-order valence-corrected chi connectivity index (χ2v) is 6.06. The summed E-state index contributed by atoms with van der Waals surface area (Å²) in [5, 5.41) is 10.9. The molecule has 0 fully saturated rings. The maximum Gasteiger partial charge on any atom is 0.191 e. The Labute approximate surface area is 173 Å². The maximum absolute atomic E-state index is 5.45. The van der Waals surface area contributed by atoms with Crippen molar-refractivity contribution in [3.8, 4) is 5.75 Å². The summed E-state index contributed by atoms with van der Waals surface area (Å²) in [5.41, 5.74) is 3.53. The molecule has 2 N–H and O–H groups in total. The molecule has 0 radical (unpaired) electrons. The molecule has 0 bridgehead atoms. The Bertz CT molecular complexity index is 699. The van der Waals surface area contributed by atoms with Crippen LogP contribution >= 0.6 is 24.0 Å². The fourth-order valence-corrected chi connectivity index (χ4v) is 2.59. The molecule has 26 heavy (non-hydrogen) atoms. The molecule has 0 atom stereocenters. The van der Waals surface area contributed by atoms with E-state index in [9.17, 15) is 0 Å². The number of nitrogens with one attached hydrogen (secondary N) is 2. The highest BCUT2D eigenvalue weighted by Crippen LogP contribution is 2.20. The summed E-state index contributed by atoms with van der Waals surface area (Å²) in [4.78, 5) is 4.67. The van der Waals surface area contributed by atoms with E-state index in [1.54, 1.807) is 7.11 Å². The van der Waals surface area contributed by atoms with Gasteiger partial charge in [0.1, 0.15) is 5.75 Å². The van der Waals surface area contributed by atoms with Crippen molar-refractivity contribution >= 4 is 29.9 Å². The van der Waals surface area contributed by atoms with Crippen LogP contribution in [0, 0.1) is 6.92 Å². The van der Waals surface area contributed by atoms with Crippen LogP contribution in [-0.2, 0) is 20.0 Å². The average molecular weight is 471 g/mol. The smallest absolute Gasteiger partial charge is 0.191 e. The van der Waals surface area contributed by atoms with E-state index in [-0.39, 0.29) is 24.0 Å². The topological polar surface area (TPSA) is 63.5 Å². The molecule has 0 aliphatic carbocycles. The second kappa shape index (κ2) is 11.8. The first-order valence-electron chi connectivity index (χ1n) is 8.75. The summed E-state index contributed by atoms with van der Waals surface area (Å²) in [5.74, 6) is 1.72. The van der Waals surface area contributed by atoms with Crippen molar-refractivity contribution in [2.45, 2.75) is 33.2 Å². The Morgan fingerprint density at radius 1 is 1.31 bits per heavy atom. The van der Waals surface area contributed by atoms with Crippen molar-refractivity contribution in [3.63, 3.8) is 0 Å². The lowest BCUT2D eigenvalue weighted by molar-refractivity contribution is 0.409. The van der Waals surface area contributed by atoms with Crippen molar-refractivity contribution < 1.29 is 4.74 Å². The number of ether oxygens (including phenoxy) is 1. The summed E-state index contributed by atoms with van der Waals surface area (Å²) in [6.07, 6.45) is 6.02.